The third kappa shape index (κ3) is 4.00. The van der Waals surface area contributed by atoms with Gasteiger partial charge in [-0.3, -0.25) is 9.10 Å². The number of sulfonamides is 1. The summed E-state index contributed by atoms with van der Waals surface area (Å²) in [5.41, 5.74) is 1.82. The molecular formula is C21H26N2O3S. The Morgan fingerprint density at radius 2 is 1.78 bits per heavy atom. The van der Waals surface area contributed by atoms with Gasteiger partial charge in [-0.05, 0) is 49.9 Å². The van der Waals surface area contributed by atoms with Gasteiger partial charge in [-0.25, -0.2) is 8.42 Å². The summed E-state index contributed by atoms with van der Waals surface area (Å²) >= 11 is 0. The van der Waals surface area contributed by atoms with Crippen LogP contribution in [-0.2, 0) is 10.0 Å². The Kier molecular flexibility index (Phi) is 5.56. The standard InChI is InChI=1S/C21H26N2O3S/c1-16-10-12-18(13-11-16)27(25,26)22(3)20-9-5-4-8-19(20)21(24)23-14-6-7-17(2)15-23/h4-5,8-13,17H,6-7,14-15H2,1-3H3/t17-/m1/s1. The molecule has 5 nitrogen and oxygen atoms in total. The minimum absolute atomic E-state index is 0.108. The number of piperidine rings is 1. The van der Waals surface area contributed by atoms with Crippen molar-refractivity contribution >= 4 is 21.6 Å². The highest BCUT2D eigenvalue weighted by Gasteiger charge is 2.28. The maximum Gasteiger partial charge on any atom is 0.264 e. The van der Waals surface area contributed by atoms with Crippen molar-refractivity contribution in [3.8, 4) is 0 Å². The van der Waals surface area contributed by atoms with Crippen molar-refractivity contribution in [1.29, 1.82) is 0 Å². The van der Waals surface area contributed by atoms with E-state index in [2.05, 4.69) is 6.92 Å². The lowest BCUT2D eigenvalue weighted by Crippen LogP contribution is -2.40. The van der Waals surface area contributed by atoms with E-state index < -0.39 is 10.0 Å². The second-order valence-corrected chi connectivity index (χ2v) is 9.27. The van der Waals surface area contributed by atoms with Crippen molar-refractivity contribution in [1.82, 2.24) is 4.90 Å². The lowest BCUT2D eigenvalue weighted by Gasteiger charge is -2.32. The molecule has 1 amide bonds. The van der Waals surface area contributed by atoms with E-state index in [0.717, 1.165) is 18.4 Å². The van der Waals surface area contributed by atoms with Crippen LogP contribution >= 0.6 is 0 Å². The highest BCUT2D eigenvalue weighted by molar-refractivity contribution is 7.92. The smallest absolute Gasteiger partial charge is 0.264 e. The molecule has 0 aromatic heterocycles. The van der Waals surface area contributed by atoms with E-state index in [1.54, 1.807) is 48.5 Å². The Morgan fingerprint density at radius 1 is 1.11 bits per heavy atom. The number of nitrogens with zero attached hydrogens (tertiary/aromatic N) is 2. The van der Waals surface area contributed by atoms with E-state index >= 15 is 0 Å². The molecule has 0 radical (unpaired) electrons. The highest BCUT2D eigenvalue weighted by atomic mass is 32.2. The van der Waals surface area contributed by atoms with E-state index in [-0.39, 0.29) is 10.8 Å². The summed E-state index contributed by atoms with van der Waals surface area (Å²) in [5, 5.41) is 0. The lowest BCUT2D eigenvalue weighted by atomic mass is 9.99. The first-order valence-electron chi connectivity index (χ1n) is 9.24. The zero-order chi connectivity index (χ0) is 19.6. The average Bonchev–Trinajstić information content (AvgIpc) is 2.67. The normalized spacial score (nSPS) is 17.6. The fraction of sp³-hybridized carbons (Fsp3) is 0.381. The summed E-state index contributed by atoms with van der Waals surface area (Å²) in [6, 6.07) is 13.7. The Bertz CT molecular complexity index is 923. The molecule has 0 aliphatic carbocycles. The van der Waals surface area contributed by atoms with E-state index in [0.29, 0.717) is 30.3 Å². The highest BCUT2D eigenvalue weighted by Crippen LogP contribution is 2.28. The van der Waals surface area contributed by atoms with Gasteiger partial charge in [0.15, 0.2) is 0 Å². The lowest BCUT2D eigenvalue weighted by molar-refractivity contribution is 0.0684. The summed E-state index contributed by atoms with van der Waals surface area (Å²) in [5.74, 6) is 0.354. The van der Waals surface area contributed by atoms with Crippen molar-refractivity contribution < 1.29 is 13.2 Å². The number of carbonyl (C=O) groups excluding carboxylic acids is 1. The molecule has 0 unspecified atom stereocenters. The summed E-state index contributed by atoms with van der Waals surface area (Å²) in [6.07, 6.45) is 2.10. The molecule has 0 saturated carbocycles. The summed E-state index contributed by atoms with van der Waals surface area (Å²) in [7, 11) is -2.24. The van der Waals surface area contributed by atoms with Gasteiger partial charge in [0.25, 0.3) is 15.9 Å². The Hall–Kier alpha value is -2.34. The molecule has 1 heterocycles. The zero-order valence-electron chi connectivity index (χ0n) is 16.1. The van der Waals surface area contributed by atoms with Crippen LogP contribution in [0.4, 0.5) is 5.69 Å². The number of aryl methyl sites for hydroxylation is 1. The largest absolute Gasteiger partial charge is 0.338 e. The maximum absolute atomic E-state index is 13.1. The van der Waals surface area contributed by atoms with E-state index in [4.69, 9.17) is 0 Å². The Labute approximate surface area is 161 Å². The number of carbonyl (C=O) groups is 1. The minimum Gasteiger partial charge on any atom is -0.338 e. The molecule has 2 aromatic carbocycles. The minimum atomic E-state index is -3.74. The molecule has 1 saturated heterocycles. The SMILES string of the molecule is Cc1ccc(S(=O)(=O)N(C)c2ccccc2C(=O)N2CCC[C@@H](C)C2)cc1. The van der Waals surface area contributed by atoms with Crippen LogP contribution in [0.2, 0.25) is 0 Å². The van der Waals surface area contributed by atoms with Crippen LogP contribution in [0.15, 0.2) is 53.4 Å². The molecule has 3 rings (SSSR count). The van der Waals surface area contributed by atoms with Crippen LogP contribution in [0.3, 0.4) is 0 Å². The molecule has 0 spiro atoms. The fourth-order valence-electron chi connectivity index (χ4n) is 3.47. The monoisotopic (exact) mass is 386 g/mol. The fourth-order valence-corrected chi connectivity index (χ4v) is 4.69. The van der Waals surface area contributed by atoms with Crippen molar-refractivity contribution in [3.05, 3.63) is 59.7 Å². The number of rotatable bonds is 4. The number of anilines is 1. The van der Waals surface area contributed by atoms with E-state index in [9.17, 15) is 13.2 Å². The van der Waals surface area contributed by atoms with Crippen molar-refractivity contribution in [2.24, 2.45) is 5.92 Å². The average molecular weight is 387 g/mol. The van der Waals surface area contributed by atoms with Gasteiger partial charge in [-0.15, -0.1) is 0 Å². The van der Waals surface area contributed by atoms with Gasteiger partial charge in [0, 0.05) is 20.1 Å². The van der Waals surface area contributed by atoms with Gasteiger partial charge in [0.1, 0.15) is 0 Å². The molecule has 1 aliphatic heterocycles. The topological polar surface area (TPSA) is 57.7 Å². The third-order valence-corrected chi connectivity index (χ3v) is 6.88. The molecule has 1 fully saturated rings. The van der Waals surface area contributed by atoms with Crippen LogP contribution in [-0.4, -0.2) is 39.4 Å². The van der Waals surface area contributed by atoms with Crippen LogP contribution in [0.25, 0.3) is 0 Å². The number of hydrogen-bond donors (Lipinski definition) is 0. The van der Waals surface area contributed by atoms with Gasteiger partial charge in [-0.1, -0.05) is 36.8 Å². The van der Waals surface area contributed by atoms with Crippen molar-refractivity contribution in [2.45, 2.75) is 31.6 Å². The molecule has 0 bridgehead atoms. The van der Waals surface area contributed by atoms with Gasteiger partial charge in [-0.2, -0.15) is 0 Å². The molecule has 27 heavy (non-hydrogen) atoms. The molecule has 144 valence electrons. The van der Waals surface area contributed by atoms with Gasteiger partial charge >= 0.3 is 0 Å². The quantitative estimate of drug-likeness (QED) is 0.805. The number of amides is 1. The number of likely N-dealkylation sites (tertiary alicyclic amines) is 1. The van der Waals surface area contributed by atoms with E-state index in [1.165, 1.54) is 11.4 Å². The molecule has 2 aromatic rings. The van der Waals surface area contributed by atoms with Crippen LogP contribution in [0.1, 0.15) is 35.7 Å². The van der Waals surface area contributed by atoms with Crippen LogP contribution in [0, 0.1) is 12.8 Å². The number of benzene rings is 2. The van der Waals surface area contributed by atoms with Crippen LogP contribution < -0.4 is 4.31 Å². The molecular weight excluding hydrogens is 360 g/mol. The molecule has 6 heteroatoms. The van der Waals surface area contributed by atoms with Crippen LogP contribution in [0.5, 0.6) is 0 Å². The van der Waals surface area contributed by atoms with Crippen molar-refractivity contribution in [2.75, 3.05) is 24.4 Å². The Balaban J connectivity index is 1.95. The number of para-hydroxylation sites is 1. The summed E-state index contributed by atoms with van der Waals surface area (Å²) in [4.78, 5) is 15.1. The summed E-state index contributed by atoms with van der Waals surface area (Å²) < 4.78 is 27.3. The van der Waals surface area contributed by atoms with Crippen molar-refractivity contribution in [3.63, 3.8) is 0 Å². The first kappa shape index (κ1) is 19.4. The Morgan fingerprint density at radius 3 is 2.44 bits per heavy atom. The zero-order valence-corrected chi connectivity index (χ0v) is 16.9. The predicted octanol–water partition coefficient (Wildman–Crippen LogP) is 3.69. The van der Waals surface area contributed by atoms with Gasteiger partial charge in [0.2, 0.25) is 0 Å². The first-order valence-corrected chi connectivity index (χ1v) is 10.7. The van der Waals surface area contributed by atoms with E-state index in [1.807, 2.05) is 11.8 Å². The number of hydrogen-bond acceptors (Lipinski definition) is 3. The predicted molar refractivity (Wildman–Crippen MR) is 108 cm³/mol. The summed E-state index contributed by atoms with van der Waals surface area (Å²) in [6.45, 7) is 5.47. The first-order chi connectivity index (χ1) is 12.8. The second-order valence-electron chi connectivity index (χ2n) is 7.30. The second kappa shape index (κ2) is 7.72. The molecule has 1 atom stereocenters. The maximum atomic E-state index is 13.1. The third-order valence-electron chi connectivity index (χ3n) is 5.10. The molecule has 1 aliphatic rings. The van der Waals surface area contributed by atoms with Gasteiger partial charge in [0.05, 0.1) is 16.1 Å². The van der Waals surface area contributed by atoms with Gasteiger partial charge < -0.3 is 4.90 Å². The molecule has 0 N–H and O–H groups in total.